The second-order valence-electron chi connectivity index (χ2n) is 6.98. The van der Waals surface area contributed by atoms with Crippen LogP contribution in [0.4, 0.5) is 5.69 Å². The summed E-state index contributed by atoms with van der Waals surface area (Å²) < 4.78 is 1.45. The van der Waals surface area contributed by atoms with Gasteiger partial charge in [0.1, 0.15) is 12.4 Å². The zero-order chi connectivity index (χ0) is 16.9. The number of rotatable bonds is 6. The van der Waals surface area contributed by atoms with Crippen LogP contribution in [0.15, 0.2) is 12.4 Å². The van der Waals surface area contributed by atoms with E-state index in [-0.39, 0.29) is 5.69 Å². The number of aliphatic hydroxyl groups excluding tert-OH is 1. The van der Waals surface area contributed by atoms with E-state index in [9.17, 15) is 15.2 Å². The normalized spacial score (nSPS) is 24.8. The third-order valence-corrected chi connectivity index (χ3v) is 5.08. The number of piperidine rings is 2. The van der Waals surface area contributed by atoms with Crippen molar-refractivity contribution in [1.82, 2.24) is 19.6 Å². The van der Waals surface area contributed by atoms with Gasteiger partial charge in [0, 0.05) is 19.1 Å². The molecule has 2 aliphatic rings. The number of hydrogen-bond acceptors (Lipinski definition) is 6. The summed E-state index contributed by atoms with van der Waals surface area (Å²) in [7, 11) is 0. The van der Waals surface area contributed by atoms with Gasteiger partial charge in [-0.25, -0.2) is 0 Å². The van der Waals surface area contributed by atoms with Crippen molar-refractivity contribution in [3.63, 3.8) is 0 Å². The van der Waals surface area contributed by atoms with Crippen molar-refractivity contribution in [3.8, 4) is 0 Å². The van der Waals surface area contributed by atoms with E-state index in [1.54, 1.807) is 0 Å². The molecule has 0 spiro atoms. The summed E-state index contributed by atoms with van der Waals surface area (Å²) in [6, 6.07) is 0.608. The Bertz CT molecular complexity index is 544. The van der Waals surface area contributed by atoms with Crippen LogP contribution < -0.4 is 0 Å². The van der Waals surface area contributed by atoms with Crippen molar-refractivity contribution < 1.29 is 10.0 Å². The van der Waals surface area contributed by atoms with Crippen LogP contribution in [-0.2, 0) is 6.54 Å². The van der Waals surface area contributed by atoms with Crippen molar-refractivity contribution in [2.24, 2.45) is 0 Å². The molecule has 2 saturated heterocycles. The molecule has 2 aliphatic heterocycles. The molecule has 0 aromatic carbocycles. The van der Waals surface area contributed by atoms with Crippen LogP contribution in [0.25, 0.3) is 0 Å². The number of nitrogens with zero attached hydrogens (tertiary/aromatic N) is 5. The molecule has 2 atom stereocenters. The Labute approximate surface area is 142 Å². The molecule has 2 fully saturated rings. The summed E-state index contributed by atoms with van der Waals surface area (Å²) in [6.45, 7) is 5.32. The van der Waals surface area contributed by atoms with Gasteiger partial charge in [0.05, 0.1) is 17.6 Å². The van der Waals surface area contributed by atoms with Gasteiger partial charge < -0.3 is 5.11 Å². The van der Waals surface area contributed by atoms with Gasteiger partial charge in [-0.15, -0.1) is 0 Å². The predicted molar refractivity (Wildman–Crippen MR) is 89.8 cm³/mol. The van der Waals surface area contributed by atoms with Gasteiger partial charge in [0.15, 0.2) is 0 Å². The van der Waals surface area contributed by atoms with Gasteiger partial charge in [0.25, 0.3) is 0 Å². The van der Waals surface area contributed by atoms with Crippen LogP contribution in [0.1, 0.15) is 32.1 Å². The Morgan fingerprint density at radius 1 is 1.25 bits per heavy atom. The van der Waals surface area contributed by atoms with E-state index in [1.165, 1.54) is 62.3 Å². The zero-order valence-corrected chi connectivity index (χ0v) is 14.1. The van der Waals surface area contributed by atoms with Crippen molar-refractivity contribution in [1.29, 1.82) is 0 Å². The molecular weight excluding hydrogens is 310 g/mol. The molecule has 3 rings (SSSR count). The second-order valence-corrected chi connectivity index (χ2v) is 6.98. The van der Waals surface area contributed by atoms with Gasteiger partial charge in [-0.2, -0.15) is 5.10 Å². The average Bonchev–Trinajstić information content (AvgIpc) is 3.04. The highest BCUT2D eigenvalue weighted by Gasteiger charge is 2.27. The van der Waals surface area contributed by atoms with Crippen molar-refractivity contribution in [3.05, 3.63) is 22.5 Å². The Hall–Kier alpha value is -1.51. The van der Waals surface area contributed by atoms with Crippen LogP contribution in [0.2, 0.25) is 0 Å². The summed E-state index contributed by atoms with van der Waals surface area (Å²) in [5.41, 5.74) is -0.0367. The molecule has 0 amide bonds. The Morgan fingerprint density at radius 3 is 2.75 bits per heavy atom. The maximum absolute atomic E-state index is 10.7. The first-order chi connectivity index (χ1) is 11.6. The Morgan fingerprint density at radius 2 is 2.04 bits per heavy atom. The molecule has 1 N–H and O–H groups in total. The maximum atomic E-state index is 10.7. The zero-order valence-electron chi connectivity index (χ0n) is 14.1. The summed E-state index contributed by atoms with van der Waals surface area (Å²) in [5.74, 6) is 0. The number of hydrogen-bond donors (Lipinski definition) is 1. The number of aromatic nitrogens is 2. The number of nitro groups is 1. The minimum absolute atomic E-state index is 0.0367. The summed E-state index contributed by atoms with van der Waals surface area (Å²) in [6.07, 6.45) is 8.40. The molecule has 1 aromatic rings. The van der Waals surface area contributed by atoms with Crippen LogP contribution in [-0.4, -0.2) is 74.5 Å². The first-order valence-electron chi connectivity index (χ1n) is 8.93. The summed E-state index contributed by atoms with van der Waals surface area (Å²) in [4.78, 5) is 15.1. The van der Waals surface area contributed by atoms with Crippen molar-refractivity contribution in [2.75, 3.05) is 32.7 Å². The number of aliphatic hydroxyl groups is 1. The molecule has 2 unspecified atom stereocenters. The molecule has 24 heavy (non-hydrogen) atoms. The van der Waals surface area contributed by atoms with E-state index in [2.05, 4.69) is 14.9 Å². The lowest BCUT2D eigenvalue weighted by atomic mass is 10.0. The Balaban J connectivity index is 1.48. The number of β-amino-alcohol motifs (C(OH)–C–C–N with tert-alkyl or cyclic N) is 1. The average molecular weight is 337 g/mol. The highest BCUT2D eigenvalue weighted by molar-refractivity contribution is 5.20. The van der Waals surface area contributed by atoms with Gasteiger partial charge in [-0.05, 0) is 45.3 Å². The third kappa shape index (κ3) is 4.52. The van der Waals surface area contributed by atoms with Crippen LogP contribution in [0.5, 0.6) is 0 Å². The summed E-state index contributed by atoms with van der Waals surface area (Å²) in [5, 5.41) is 24.9. The smallest absolute Gasteiger partial charge is 0.306 e. The highest BCUT2D eigenvalue weighted by Crippen LogP contribution is 2.20. The minimum Gasteiger partial charge on any atom is -0.390 e. The standard InChI is InChI=1S/C16H27N5O3/c22-16(13-20-11-15(9-17-20)21(23)24)12-18-6-4-5-14(10-18)19-7-2-1-3-8-19/h9,11,14,16,22H,1-8,10,12-13H2. The Kier molecular flexibility index (Phi) is 5.80. The van der Waals surface area contributed by atoms with Crippen LogP contribution in [0, 0.1) is 10.1 Å². The quantitative estimate of drug-likeness (QED) is 0.618. The molecule has 8 heteroatoms. The second kappa shape index (κ2) is 8.04. The fourth-order valence-electron chi connectivity index (χ4n) is 3.90. The first-order valence-corrected chi connectivity index (χ1v) is 8.93. The fraction of sp³-hybridized carbons (Fsp3) is 0.812. The molecule has 1 aromatic heterocycles. The van der Waals surface area contributed by atoms with E-state index >= 15 is 0 Å². The van der Waals surface area contributed by atoms with Crippen LogP contribution >= 0.6 is 0 Å². The van der Waals surface area contributed by atoms with E-state index in [1.807, 2.05) is 0 Å². The van der Waals surface area contributed by atoms with Gasteiger partial charge in [-0.3, -0.25) is 24.6 Å². The van der Waals surface area contributed by atoms with Gasteiger partial charge in [0.2, 0.25) is 0 Å². The SMILES string of the molecule is O=[N+]([O-])c1cnn(CC(O)CN2CCCC(N3CCCCC3)C2)c1. The highest BCUT2D eigenvalue weighted by atomic mass is 16.6. The lowest BCUT2D eigenvalue weighted by Crippen LogP contribution is -2.51. The monoisotopic (exact) mass is 337 g/mol. The fourth-order valence-corrected chi connectivity index (χ4v) is 3.90. The maximum Gasteiger partial charge on any atom is 0.306 e. The van der Waals surface area contributed by atoms with Gasteiger partial charge in [-0.1, -0.05) is 6.42 Å². The van der Waals surface area contributed by atoms with E-state index in [0.717, 1.165) is 13.1 Å². The molecule has 0 bridgehead atoms. The summed E-state index contributed by atoms with van der Waals surface area (Å²) >= 11 is 0. The lowest BCUT2D eigenvalue weighted by molar-refractivity contribution is -0.385. The molecule has 0 aliphatic carbocycles. The topological polar surface area (TPSA) is 87.7 Å². The molecule has 3 heterocycles. The third-order valence-electron chi connectivity index (χ3n) is 5.08. The first kappa shape index (κ1) is 17.3. The molecule has 0 radical (unpaired) electrons. The molecular formula is C16H27N5O3. The van der Waals surface area contributed by atoms with Crippen molar-refractivity contribution in [2.45, 2.75) is 50.8 Å². The van der Waals surface area contributed by atoms with E-state index in [0.29, 0.717) is 19.1 Å². The molecule has 0 saturated carbocycles. The van der Waals surface area contributed by atoms with Crippen LogP contribution in [0.3, 0.4) is 0 Å². The molecule has 8 nitrogen and oxygen atoms in total. The minimum atomic E-state index is -0.565. The number of likely N-dealkylation sites (tertiary alicyclic amines) is 2. The largest absolute Gasteiger partial charge is 0.390 e. The van der Waals surface area contributed by atoms with Gasteiger partial charge >= 0.3 is 5.69 Å². The predicted octanol–water partition coefficient (Wildman–Crippen LogP) is 1.10. The molecule has 134 valence electrons. The van der Waals surface area contributed by atoms with E-state index < -0.39 is 11.0 Å². The van der Waals surface area contributed by atoms with E-state index in [4.69, 9.17) is 0 Å². The lowest BCUT2D eigenvalue weighted by Gasteiger charge is -2.41. The van der Waals surface area contributed by atoms with Crippen molar-refractivity contribution >= 4 is 5.69 Å².